The van der Waals surface area contributed by atoms with Gasteiger partial charge in [0.2, 0.25) is 0 Å². The summed E-state index contributed by atoms with van der Waals surface area (Å²) in [5, 5.41) is 18.0. The van der Waals surface area contributed by atoms with Gasteiger partial charge in [-0.15, -0.1) is 0 Å². The van der Waals surface area contributed by atoms with E-state index in [0.29, 0.717) is 17.6 Å². The molecule has 0 spiro atoms. The van der Waals surface area contributed by atoms with Crippen molar-refractivity contribution in [2.24, 2.45) is 0 Å². The van der Waals surface area contributed by atoms with Crippen molar-refractivity contribution in [3.05, 3.63) is 29.8 Å². The summed E-state index contributed by atoms with van der Waals surface area (Å²) in [7, 11) is 0.206. The van der Waals surface area contributed by atoms with Crippen molar-refractivity contribution in [3.63, 3.8) is 0 Å². The summed E-state index contributed by atoms with van der Waals surface area (Å²) in [5.41, 5.74) is 0.878. The molecule has 0 radical (unpaired) electrons. The van der Waals surface area contributed by atoms with Crippen LogP contribution in [0.2, 0.25) is 0 Å². The van der Waals surface area contributed by atoms with Crippen LogP contribution >= 0.6 is 0 Å². The lowest BCUT2D eigenvalue weighted by atomic mass is 9.80. The van der Waals surface area contributed by atoms with Gasteiger partial charge in [-0.25, -0.2) is 0 Å². The highest BCUT2D eigenvalue weighted by Gasteiger charge is 2.25. The van der Waals surface area contributed by atoms with Crippen molar-refractivity contribution >= 4 is 18.5 Å². The highest BCUT2D eigenvalue weighted by atomic mass is 16.5. The molecule has 1 aliphatic rings. The fraction of sp³-hybridized carbons (Fsp3) is 0.417. The van der Waals surface area contributed by atoms with E-state index in [4.69, 9.17) is 14.8 Å². The number of hydrogen-bond acceptors (Lipinski definition) is 4. The quantitative estimate of drug-likeness (QED) is 0.713. The summed E-state index contributed by atoms with van der Waals surface area (Å²) in [5.74, 6) is -0.124. The van der Waals surface area contributed by atoms with E-state index in [9.17, 15) is 4.79 Å². The van der Waals surface area contributed by atoms with Crippen LogP contribution < -0.4 is 5.46 Å². The molecule has 1 unspecified atom stereocenters. The Morgan fingerprint density at radius 3 is 2.56 bits per heavy atom. The van der Waals surface area contributed by atoms with E-state index < -0.39 is 7.12 Å². The number of rotatable bonds is 3. The van der Waals surface area contributed by atoms with Crippen molar-refractivity contribution in [2.45, 2.75) is 19.1 Å². The van der Waals surface area contributed by atoms with Crippen LogP contribution in [-0.2, 0) is 4.74 Å². The van der Waals surface area contributed by atoms with Gasteiger partial charge < -0.3 is 19.7 Å². The maximum absolute atomic E-state index is 12.1. The predicted molar refractivity (Wildman–Crippen MR) is 67.3 cm³/mol. The number of ether oxygens (including phenoxy) is 1. The first kappa shape index (κ1) is 13.1. The third kappa shape index (κ3) is 2.72. The standard InChI is InChI=1S/C12H16BNO4/c1-14(11-3-2-8-18-11)12(15)9-4-6-10(7-5-9)13(16)17/h4-7,11,16-17H,2-3,8H2,1H3. The van der Waals surface area contributed by atoms with Crippen LogP contribution in [0.5, 0.6) is 0 Å². The fourth-order valence-electron chi connectivity index (χ4n) is 2.00. The van der Waals surface area contributed by atoms with Gasteiger partial charge in [0.05, 0.1) is 0 Å². The van der Waals surface area contributed by atoms with Crippen LogP contribution in [-0.4, -0.2) is 47.9 Å². The molecular formula is C12H16BNO4. The molecule has 2 N–H and O–H groups in total. The van der Waals surface area contributed by atoms with E-state index in [1.165, 1.54) is 12.1 Å². The topological polar surface area (TPSA) is 70.0 Å². The van der Waals surface area contributed by atoms with Crippen LogP contribution in [0, 0.1) is 0 Å². The first-order valence-corrected chi connectivity index (χ1v) is 5.94. The van der Waals surface area contributed by atoms with Crippen LogP contribution in [0.1, 0.15) is 23.2 Å². The van der Waals surface area contributed by atoms with E-state index in [2.05, 4.69) is 0 Å². The molecule has 96 valence electrons. The molecule has 1 aromatic rings. The van der Waals surface area contributed by atoms with Crippen LogP contribution in [0.25, 0.3) is 0 Å². The molecule has 5 nitrogen and oxygen atoms in total. The Morgan fingerprint density at radius 1 is 1.39 bits per heavy atom. The maximum atomic E-state index is 12.1. The zero-order valence-corrected chi connectivity index (χ0v) is 10.2. The second-order valence-corrected chi connectivity index (χ2v) is 4.38. The highest BCUT2D eigenvalue weighted by molar-refractivity contribution is 6.58. The van der Waals surface area contributed by atoms with Gasteiger partial charge in [0.15, 0.2) is 0 Å². The SMILES string of the molecule is CN(C(=O)c1ccc(B(O)O)cc1)C1CCCO1. The van der Waals surface area contributed by atoms with Crippen LogP contribution in [0.15, 0.2) is 24.3 Å². The Bertz CT molecular complexity index is 415. The average molecular weight is 249 g/mol. The van der Waals surface area contributed by atoms with E-state index in [1.807, 2.05) is 0 Å². The van der Waals surface area contributed by atoms with E-state index >= 15 is 0 Å². The van der Waals surface area contributed by atoms with Crippen molar-refractivity contribution < 1.29 is 19.6 Å². The minimum absolute atomic E-state index is 0.124. The zero-order valence-electron chi connectivity index (χ0n) is 10.2. The summed E-state index contributed by atoms with van der Waals surface area (Å²) in [4.78, 5) is 13.7. The monoisotopic (exact) mass is 249 g/mol. The molecule has 1 atom stereocenters. The molecular weight excluding hydrogens is 233 g/mol. The number of carbonyl (C=O) groups is 1. The molecule has 2 rings (SSSR count). The average Bonchev–Trinajstić information content (AvgIpc) is 2.91. The number of carbonyl (C=O) groups excluding carboxylic acids is 1. The van der Waals surface area contributed by atoms with Crippen molar-refractivity contribution in [1.82, 2.24) is 4.90 Å². The summed E-state index contributed by atoms with van der Waals surface area (Å²) in [6.45, 7) is 0.692. The van der Waals surface area contributed by atoms with Gasteiger partial charge in [0.1, 0.15) is 6.23 Å². The van der Waals surface area contributed by atoms with Gasteiger partial charge in [-0.05, 0) is 30.4 Å². The van der Waals surface area contributed by atoms with Gasteiger partial charge in [0.25, 0.3) is 5.91 Å². The molecule has 1 saturated heterocycles. The zero-order chi connectivity index (χ0) is 13.1. The lowest BCUT2D eigenvalue weighted by Gasteiger charge is -2.23. The van der Waals surface area contributed by atoms with E-state index in [-0.39, 0.29) is 12.1 Å². The van der Waals surface area contributed by atoms with Gasteiger partial charge >= 0.3 is 7.12 Å². The minimum atomic E-state index is -1.51. The molecule has 6 heteroatoms. The van der Waals surface area contributed by atoms with Crippen molar-refractivity contribution in [2.75, 3.05) is 13.7 Å². The second kappa shape index (κ2) is 5.52. The summed E-state index contributed by atoms with van der Waals surface area (Å²) in [6.07, 6.45) is 1.67. The van der Waals surface area contributed by atoms with Gasteiger partial charge in [-0.1, -0.05) is 12.1 Å². The van der Waals surface area contributed by atoms with Crippen molar-refractivity contribution in [1.29, 1.82) is 0 Å². The second-order valence-electron chi connectivity index (χ2n) is 4.38. The molecule has 0 aliphatic carbocycles. The van der Waals surface area contributed by atoms with E-state index in [0.717, 1.165) is 12.8 Å². The Kier molecular flexibility index (Phi) is 4.01. The maximum Gasteiger partial charge on any atom is 0.488 e. The summed E-state index contributed by atoms with van der Waals surface area (Å²) < 4.78 is 5.44. The number of benzene rings is 1. The van der Waals surface area contributed by atoms with Crippen LogP contribution in [0.3, 0.4) is 0 Å². The lowest BCUT2D eigenvalue weighted by molar-refractivity contribution is 0.000878. The smallest absolute Gasteiger partial charge is 0.423 e. The molecule has 1 amide bonds. The Hall–Kier alpha value is -1.37. The third-order valence-corrected chi connectivity index (χ3v) is 3.11. The minimum Gasteiger partial charge on any atom is -0.423 e. The molecule has 0 aromatic heterocycles. The van der Waals surface area contributed by atoms with E-state index in [1.54, 1.807) is 24.1 Å². The molecule has 0 bridgehead atoms. The lowest BCUT2D eigenvalue weighted by Crippen LogP contribution is -2.37. The Morgan fingerprint density at radius 2 is 2.06 bits per heavy atom. The van der Waals surface area contributed by atoms with Gasteiger partial charge in [0, 0.05) is 19.2 Å². The normalized spacial score (nSPS) is 18.7. The Balaban J connectivity index is 2.08. The van der Waals surface area contributed by atoms with Gasteiger partial charge in [-0.3, -0.25) is 4.79 Å². The molecule has 1 fully saturated rings. The first-order valence-electron chi connectivity index (χ1n) is 5.94. The molecule has 18 heavy (non-hydrogen) atoms. The molecule has 1 aromatic carbocycles. The molecule has 0 saturated carbocycles. The van der Waals surface area contributed by atoms with Gasteiger partial charge in [-0.2, -0.15) is 0 Å². The fourth-order valence-corrected chi connectivity index (χ4v) is 2.00. The Labute approximate surface area is 106 Å². The third-order valence-electron chi connectivity index (χ3n) is 3.11. The molecule has 1 heterocycles. The van der Waals surface area contributed by atoms with Crippen molar-refractivity contribution in [3.8, 4) is 0 Å². The number of nitrogens with zero attached hydrogens (tertiary/aromatic N) is 1. The predicted octanol–water partition coefficient (Wildman–Crippen LogP) is -0.425. The summed E-state index contributed by atoms with van der Waals surface area (Å²) in [6, 6.07) is 6.23. The molecule has 1 aliphatic heterocycles. The number of hydrogen-bond donors (Lipinski definition) is 2. The number of amides is 1. The van der Waals surface area contributed by atoms with Crippen LogP contribution in [0.4, 0.5) is 0 Å². The first-order chi connectivity index (χ1) is 8.59. The summed E-state index contributed by atoms with van der Waals surface area (Å²) >= 11 is 0. The largest absolute Gasteiger partial charge is 0.488 e. The highest BCUT2D eigenvalue weighted by Crippen LogP contribution is 2.17.